The highest BCUT2D eigenvalue weighted by Crippen LogP contribution is 2.20. The Morgan fingerprint density at radius 3 is 2.83 bits per heavy atom. The minimum absolute atomic E-state index is 0.752. The first-order valence-corrected chi connectivity index (χ1v) is 3.67. The van der Waals surface area contributed by atoms with E-state index in [1.54, 1.807) is 6.26 Å². The maximum Gasteiger partial charge on any atom is 0.177 e. The van der Waals surface area contributed by atoms with E-state index in [0.29, 0.717) is 0 Å². The molecule has 2 N–H and O–H groups in total. The van der Waals surface area contributed by atoms with Crippen molar-refractivity contribution in [3.63, 3.8) is 0 Å². The lowest BCUT2D eigenvalue weighted by Gasteiger charge is -1.96. The van der Waals surface area contributed by atoms with E-state index in [-0.39, 0.29) is 0 Å². The third kappa shape index (κ3) is 1.19. The second-order valence-electron chi connectivity index (χ2n) is 2.56. The summed E-state index contributed by atoms with van der Waals surface area (Å²) in [5, 5.41) is 0. The van der Waals surface area contributed by atoms with Crippen LogP contribution in [0.25, 0.3) is 11.1 Å². The largest absolute Gasteiger partial charge is 0.460 e. The van der Waals surface area contributed by atoms with Crippen molar-refractivity contribution in [2.45, 2.75) is 0 Å². The molecule has 59 valence electrons. The van der Waals surface area contributed by atoms with Gasteiger partial charge in [0.15, 0.2) is 6.26 Å². The summed E-state index contributed by atoms with van der Waals surface area (Å²) in [6.45, 7) is 0. The first-order chi connectivity index (χ1) is 5.86. The van der Waals surface area contributed by atoms with Crippen LogP contribution in [0, 0.1) is 6.26 Å². The Morgan fingerprint density at radius 1 is 1.25 bits per heavy atom. The minimum atomic E-state index is 0.752. The van der Waals surface area contributed by atoms with Gasteiger partial charge in [-0.2, -0.15) is 0 Å². The molecule has 0 spiro atoms. The molecule has 1 aromatic heterocycles. The molecular formula is C10H8NO. The number of benzene rings is 1. The zero-order valence-corrected chi connectivity index (χ0v) is 6.45. The minimum Gasteiger partial charge on any atom is -0.460 e. The van der Waals surface area contributed by atoms with E-state index in [1.807, 2.05) is 30.3 Å². The molecule has 0 amide bonds. The van der Waals surface area contributed by atoms with Gasteiger partial charge in [-0.15, -0.1) is 0 Å². The molecule has 0 aliphatic rings. The van der Waals surface area contributed by atoms with Gasteiger partial charge in [0, 0.05) is 11.3 Å². The fraction of sp³-hybridized carbons (Fsp3) is 0. The van der Waals surface area contributed by atoms with E-state index in [9.17, 15) is 0 Å². The van der Waals surface area contributed by atoms with Crippen molar-refractivity contribution in [2.24, 2.45) is 0 Å². The lowest BCUT2D eigenvalue weighted by Crippen LogP contribution is -1.83. The van der Waals surface area contributed by atoms with Gasteiger partial charge in [0.2, 0.25) is 0 Å². The van der Waals surface area contributed by atoms with Gasteiger partial charge in [-0.3, -0.25) is 0 Å². The molecule has 12 heavy (non-hydrogen) atoms. The molecule has 1 radical (unpaired) electrons. The van der Waals surface area contributed by atoms with Crippen molar-refractivity contribution in [3.8, 4) is 11.1 Å². The van der Waals surface area contributed by atoms with Crippen LogP contribution in [0.4, 0.5) is 5.69 Å². The van der Waals surface area contributed by atoms with Crippen molar-refractivity contribution < 1.29 is 4.42 Å². The summed E-state index contributed by atoms with van der Waals surface area (Å²) in [6, 6.07) is 9.48. The summed E-state index contributed by atoms with van der Waals surface area (Å²) in [6.07, 6.45) is 4.35. The van der Waals surface area contributed by atoms with Crippen LogP contribution in [0.1, 0.15) is 0 Å². The molecule has 0 bridgehead atoms. The number of hydrogen-bond donors (Lipinski definition) is 1. The average Bonchev–Trinajstić information content (AvgIpc) is 2.56. The van der Waals surface area contributed by atoms with Gasteiger partial charge in [0.1, 0.15) is 0 Å². The van der Waals surface area contributed by atoms with Crippen LogP contribution in [-0.2, 0) is 0 Å². The lowest BCUT2D eigenvalue weighted by molar-refractivity contribution is 0.559. The molecule has 0 aliphatic carbocycles. The van der Waals surface area contributed by atoms with E-state index >= 15 is 0 Å². The van der Waals surface area contributed by atoms with E-state index in [0.717, 1.165) is 16.8 Å². The van der Waals surface area contributed by atoms with Crippen LogP contribution in [0.5, 0.6) is 0 Å². The number of furan rings is 1. The van der Waals surface area contributed by atoms with E-state index < -0.39 is 0 Å². The van der Waals surface area contributed by atoms with Crippen LogP contribution >= 0.6 is 0 Å². The smallest absolute Gasteiger partial charge is 0.177 e. The standard InChI is InChI=1S/C10H8NO/c11-10-3-1-2-8(6-10)9-4-5-12-7-9/h1-6H,11H2. The van der Waals surface area contributed by atoms with E-state index in [4.69, 9.17) is 10.2 Å². The Morgan fingerprint density at radius 2 is 2.17 bits per heavy atom. The molecule has 1 heterocycles. The molecule has 0 atom stereocenters. The number of nitrogens with two attached hydrogens (primary N) is 1. The number of nitrogen functional groups attached to an aromatic ring is 1. The van der Waals surface area contributed by atoms with Gasteiger partial charge in [-0.05, 0) is 23.8 Å². The van der Waals surface area contributed by atoms with Crippen LogP contribution in [-0.4, -0.2) is 0 Å². The summed E-state index contributed by atoms with van der Waals surface area (Å²) in [4.78, 5) is 0. The maximum atomic E-state index is 5.62. The zero-order valence-electron chi connectivity index (χ0n) is 6.45. The second kappa shape index (κ2) is 2.74. The van der Waals surface area contributed by atoms with Crippen LogP contribution < -0.4 is 5.73 Å². The second-order valence-corrected chi connectivity index (χ2v) is 2.56. The molecule has 0 unspecified atom stereocenters. The number of anilines is 1. The molecule has 0 saturated heterocycles. The van der Waals surface area contributed by atoms with E-state index in [2.05, 4.69) is 6.26 Å². The van der Waals surface area contributed by atoms with Gasteiger partial charge in [0.25, 0.3) is 0 Å². The van der Waals surface area contributed by atoms with Gasteiger partial charge in [-0.1, -0.05) is 12.1 Å². The highest BCUT2D eigenvalue weighted by molar-refractivity contribution is 5.65. The first-order valence-electron chi connectivity index (χ1n) is 3.67. The first kappa shape index (κ1) is 6.98. The lowest BCUT2D eigenvalue weighted by atomic mass is 10.1. The Kier molecular flexibility index (Phi) is 1.59. The summed E-state index contributed by atoms with van der Waals surface area (Å²) in [5.74, 6) is 0. The fourth-order valence-electron chi connectivity index (χ4n) is 1.09. The fourth-order valence-corrected chi connectivity index (χ4v) is 1.09. The van der Waals surface area contributed by atoms with Gasteiger partial charge >= 0.3 is 0 Å². The summed E-state index contributed by atoms with van der Waals surface area (Å²) in [7, 11) is 0. The van der Waals surface area contributed by atoms with Crippen LogP contribution in [0.2, 0.25) is 0 Å². The van der Waals surface area contributed by atoms with Crippen molar-refractivity contribution in [1.82, 2.24) is 0 Å². The predicted molar refractivity (Wildman–Crippen MR) is 47.4 cm³/mol. The molecule has 2 heteroatoms. The number of rotatable bonds is 1. The maximum absolute atomic E-state index is 5.62. The van der Waals surface area contributed by atoms with Gasteiger partial charge in [0.05, 0.1) is 6.26 Å². The highest BCUT2D eigenvalue weighted by Gasteiger charge is 1.98. The third-order valence-corrected chi connectivity index (χ3v) is 1.67. The molecule has 2 nitrogen and oxygen atoms in total. The summed E-state index contributed by atoms with van der Waals surface area (Å²) < 4.78 is 4.84. The average molecular weight is 158 g/mol. The monoisotopic (exact) mass is 158 g/mol. The van der Waals surface area contributed by atoms with E-state index in [1.165, 1.54) is 0 Å². The SMILES string of the molecule is Nc1cccc(-c2[c]occ2)c1. The Balaban J connectivity index is 2.48. The predicted octanol–water partition coefficient (Wildman–Crippen LogP) is 2.33. The molecular weight excluding hydrogens is 150 g/mol. The molecule has 0 aliphatic heterocycles. The quantitative estimate of drug-likeness (QED) is 0.647. The molecule has 2 rings (SSSR count). The van der Waals surface area contributed by atoms with Crippen molar-refractivity contribution in [2.75, 3.05) is 5.73 Å². The summed E-state index contributed by atoms with van der Waals surface area (Å²) >= 11 is 0. The number of hydrogen-bond acceptors (Lipinski definition) is 2. The van der Waals surface area contributed by atoms with Crippen LogP contribution in [0.3, 0.4) is 0 Å². The molecule has 0 fully saturated rings. The van der Waals surface area contributed by atoms with Crippen molar-refractivity contribution in [3.05, 3.63) is 42.9 Å². The van der Waals surface area contributed by atoms with Crippen LogP contribution in [0.15, 0.2) is 41.0 Å². The Bertz CT molecular complexity index is 365. The third-order valence-electron chi connectivity index (χ3n) is 1.67. The van der Waals surface area contributed by atoms with Gasteiger partial charge in [-0.25, -0.2) is 0 Å². The zero-order chi connectivity index (χ0) is 8.39. The molecule has 0 saturated carbocycles. The normalized spacial score (nSPS) is 10.0. The Hall–Kier alpha value is -1.70. The Labute approximate surface area is 70.6 Å². The van der Waals surface area contributed by atoms with Crippen molar-refractivity contribution >= 4 is 5.69 Å². The highest BCUT2D eigenvalue weighted by atomic mass is 16.3. The topological polar surface area (TPSA) is 39.2 Å². The summed E-state index contributed by atoms with van der Waals surface area (Å²) in [5.41, 5.74) is 8.34. The van der Waals surface area contributed by atoms with Crippen molar-refractivity contribution in [1.29, 1.82) is 0 Å². The van der Waals surface area contributed by atoms with Gasteiger partial charge < -0.3 is 10.2 Å². The molecule has 1 aromatic carbocycles. The molecule has 2 aromatic rings.